The summed E-state index contributed by atoms with van der Waals surface area (Å²) >= 11 is 0. The Hall–Kier alpha value is -3.68. The number of benzene rings is 2. The maximum absolute atomic E-state index is 6.07. The molecule has 8 nitrogen and oxygen atoms in total. The zero-order valence-corrected chi connectivity index (χ0v) is 15.8. The number of para-hydroxylation sites is 1. The van der Waals surface area contributed by atoms with Crippen LogP contribution in [0, 0.1) is 0 Å². The molecule has 29 heavy (non-hydrogen) atoms. The number of fused-ring (bicyclic) bond motifs is 4. The summed E-state index contributed by atoms with van der Waals surface area (Å²) in [6.45, 7) is 5.36. The molecule has 0 bridgehead atoms. The van der Waals surface area contributed by atoms with Crippen molar-refractivity contribution in [3.8, 4) is 17.2 Å². The van der Waals surface area contributed by atoms with E-state index in [9.17, 15) is 0 Å². The van der Waals surface area contributed by atoms with E-state index in [4.69, 9.17) is 24.9 Å². The summed E-state index contributed by atoms with van der Waals surface area (Å²) in [6, 6.07) is 11.6. The first-order chi connectivity index (χ1) is 14.2. The molecule has 0 spiro atoms. The summed E-state index contributed by atoms with van der Waals surface area (Å²) in [5.41, 5.74) is 8.60. The van der Waals surface area contributed by atoms with Gasteiger partial charge in [0.15, 0.2) is 23.6 Å². The average Bonchev–Trinajstić information content (AvgIpc) is 2.91. The second-order valence-electron chi connectivity index (χ2n) is 6.79. The third-order valence-corrected chi connectivity index (χ3v) is 4.86. The summed E-state index contributed by atoms with van der Waals surface area (Å²) in [5, 5.41) is 3.06. The van der Waals surface area contributed by atoms with Gasteiger partial charge in [0.1, 0.15) is 12.4 Å². The third-order valence-electron chi connectivity index (χ3n) is 4.86. The van der Waals surface area contributed by atoms with E-state index < -0.39 is 6.17 Å². The van der Waals surface area contributed by atoms with Crippen LogP contribution in [0.1, 0.15) is 18.2 Å². The fraction of sp³-hybridized carbons (Fsp3) is 0.238. The van der Waals surface area contributed by atoms with Gasteiger partial charge >= 0.3 is 0 Å². The zero-order chi connectivity index (χ0) is 19.8. The van der Waals surface area contributed by atoms with E-state index in [-0.39, 0.29) is 0 Å². The smallest absolute Gasteiger partial charge is 0.212 e. The highest BCUT2D eigenvalue weighted by atomic mass is 16.5. The van der Waals surface area contributed by atoms with Gasteiger partial charge in [-0.3, -0.25) is 9.88 Å². The third kappa shape index (κ3) is 3.02. The van der Waals surface area contributed by atoms with Gasteiger partial charge in [-0.05, 0) is 6.07 Å². The predicted molar refractivity (Wildman–Crippen MR) is 111 cm³/mol. The van der Waals surface area contributed by atoms with Crippen LogP contribution in [0.5, 0.6) is 17.2 Å². The first-order valence-corrected chi connectivity index (χ1v) is 9.49. The number of nitrogens with one attached hydrogen (secondary N) is 1. The van der Waals surface area contributed by atoms with Gasteiger partial charge in [-0.15, -0.1) is 0 Å². The Balaban J connectivity index is 1.68. The van der Waals surface area contributed by atoms with E-state index in [0.29, 0.717) is 43.2 Å². The molecule has 148 valence electrons. The number of aromatic nitrogens is 2. The molecule has 0 radical (unpaired) electrons. The molecule has 8 heteroatoms. The van der Waals surface area contributed by atoms with Crippen molar-refractivity contribution >= 4 is 22.9 Å². The number of imidazole rings is 1. The molecule has 2 aliphatic heterocycles. The molecule has 3 heterocycles. The van der Waals surface area contributed by atoms with Crippen molar-refractivity contribution in [2.24, 2.45) is 10.7 Å². The number of anilines is 1. The summed E-state index contributed by atoms with van der Waals surface area (Å²) < 4.78 is 19.5. The number of guanidine groups is 1. The zero-order valence-electron chi connectivity index (χ0n) is 15.8. The molecule has 1 aromatic heterocycles. The van der Waals surface area contributed by atoms with Crippen LogP contribution in [0.2, 0.25) is 0 Å². The largest absolute Gasteiger partial charge is 0.489 e. The second kappa shape index (κ2) is 7.05. The van der Waals surface area contributed by atoms with Gasteiger partial charge in [0.05, 0.1) is 24.2 Å². The van der Waals surface area contributed by atoms with Crippen molar-refractivity contribution in [1.29, 1.82) is 0 Å². The predicted octanol–water partition coefficient (Wildman–Crippen LogP) is 3.05. The minimum absolute atomic E-state index is 0.297. The van der Waals surface area contributed by atoms with Gasteiger partial charge in [-0.25, -0.2) is 9.98 Å². The van der Waals surface area contributed by atoms with Crippen LogP contribution in [0.3, 0.4) is 0 Å². The standard InChI is InChI=1S/C21H21N5O3/c1-2-8-27-16-7-4-3-6-13(16)19-24-20(22)25-21-23-14-11-17-18(12-15(14)26(19)21)29-10-5-9-28-17/h2-4,6-7,11-12,19H,1,5,8-10H2,(H3,22,23,24,25)/t19-/m0/s1. The van der Waals surface area contributed by atoms with Crippen molar-refractivity contribution in [3.05, 3.63) is 54.6 Å². The van der Waals surface area contributed by atoms with Gasteiger partial charge < -0.3 is 19.9 Å². The molecule has 0 saturated carbocycles. The lowest BCUT2D eigenvalue weighted by atomic mass is 10.1. The Morgan fingerprint density at radius 2 is 2.03 bits per heavy atom. The first-order valence-electron chi connectivity index (χ1n) is 9.49. The van der Waals surface area contributed by atoms with Crippen molar-refractivity contribution < 1.29 is 14.2 Å². The highest BCUT2D eigenvalue weighted by Crippen LogP contribution is 2.40. The normalized spacial score (nSPS) is 17.7. The Morgan fingerprint density at radius 1 is 1.24 bits per heavy atom. The van der Waals surface area contributed by atoms with E-state index in [1.807, 2.05) is 41.0 Å². The Bertz CT molecular complexity index is 1120. The van der Waals surface area contributed by atoms with E-state index in [0.717, 1.165) is 28.8 Å². The van der Waals surface area contributed by atoms with Crippen LogP contribution in [0.4, 0.5) is 5.95 Å². The van der Waals surface area contributed by atoms with Crippen LogP contribution >= 0.6 is 0 Å². The molecular weight excluding hydrogens is 370 g/mol. The molecule has 0 aliphatic carbocycles. The average molecular weight is 391 g/mol. The number of aliphatic imine (C=N–C) groups is 1. The van der Waals surface area contributed by atoms with Gasteiger partial charge in [0, 0.05) is 24.1 Å². The number of ether oxygens (including phenoxy) is 3. The summed E-state index contributed by atoms with van der Waals surface area (Å²) in [7, 11) is 0. The van der Waals surface area contributed by atoms with Gasteiger partial charge in [-0.2, -0.15) is 0 Å². The van der Waals surface area contributed by atoms with Crippen LogP contribution in [0.15, 0.2) is 54.0 Å². The molecule has 0 fully saturated rings. The van der Waals surface area contributed by atoms with Crippen molar-refractivity contribution in [2.75, 3.05) is 25.1 Å². The second-order valence-corrected chi connectivity index (χ2v) is 6.79. The molecule has 0 unspecified atom stereocenters. The molecule has 3 aromatic rings. The molecule has 1 atom stereocenters. The van der Waals surface area contributed by atoms with E-state index in [1.165, 1.54) is 0 Å². The Morgan fingerprint density at radius 3 is 2.86 bits per heavy atom. The number of rotatable bonds is 4. The fourth-order valence-corrected chi connectivity index (χ4v) is 3.61. The highest BCUT2D eigenvalue weighted by molar-refractivity contribution is 5.95. The van der Waals surface area contributed by atoms with Crippen LogP contribution < -0.4 is 25.3 Å². The quantitative estimate of drug-likeness (QED) is 0.664. The molecule has 0 saturated heterocycles. The SMILES string of the molecule is C=CCOc1ccccc1[C@H]1N=C(N)Nc2nc3cc4c(cc3n21)OCCCO4. The monoisotopic (exact) mass is 391 g/mol. The summed E-state index contributed by atoms with van der Waals surface area (Å²) in [5.74, 6) is 3.03. The maximum Gasteiger partial charge on any atom is 0.212 e. The number of hydrogen-bond acceptors (Lipinski definition) is 7. The Kier molecular flexibility index (Phi) is 4.23. The van der Waals surface area contributed by atoms with E-state index in [1.54, 1.807) is 6.08 Å². The molecule has 2 aromatic carbocycles. The lowest BCUT2D eigenvalue weighted by Gasteiger charge is -2.25. The number of nitrogens with zero attached hydrogens (tertiary/aromatic N) is 3. The van der Waals surface area contributed by atoms with Crippen LogP contribution in [0.25, 0.3) is 11.0 Å². The summed E-state index contributed by atoms with van der Waals surface area (Å²) in [6.07, 6.45) is 2.12. The van der Waals surface area contributed by atoms with Crippen molar-refractivity contribution in [1.82, 2.24) is 9.55 Å². The minimum atomic E-state index is -0.429. The molecule has 0 amide bonds. The first kappa shape index (κ1) is 17.4. The van der Waals surface area contributed by atoms with Crippen LogP contribution in [-0.4, -0.2) is 35.3 Å². The fourth-order valence-electron chi connectivity index (χ4n) is 3.61. The maximum atomic E-state index is 6.07. The topological polar surface area (TPSA) is 95.9 Å². The summed E-state index contributed by atoms with van der Waals surface area (Å²) in [4.78, 5) is 9.35. The van der Waals surface area contributed by atoms with E-state index in [2.05, 4.69) is 16.9 Å². The number of hydrogen-bond donors (Lipinski definition) is 2. The molecule has 2 aliphatic rings. The highest BCUT2D eigenvalue weighted by Gasteiger charge is 2.28. The van der Waals surface area contributed by atoms with Gasteiger partial charge in [0.25, 0.3) is 0 Å². The van der Waals surface area contributed by atoms with Crippen molar-refractivity contribution in [2.45, 2.75) is 12.6 Å². The molecule has 3 N–H and O–H groups in total. The van der Waals surface area contributed by atoms with Crippen LogP contribution in [-0.2, 0) is 0 Å². The van der Waals surface area contributed by atoms with Gasteiger partial charge in [0.2, 0.25) is 5.95 Å². The minimum Gasteiger partial charge on any atom is -0.489 e. The Labute approximate surface area is 167 Å². The van der Waals surface area contributed by atoms with E-state index >= 15 is 0 Å². The lowest BCUT2D eigenvalue weighted by molar-refractivity contribution is 0.297. The van der Waals surface area contributed by atoms with Gasteiger partial charge in [-0.1, -0.05) is 30.9 Å². The molecule has 5 rings (SSSR count). The van der Waals surface area contributed by atoms with Crippen molar-refractivity contribution in [3.63, 3.8) is 0 Å². The number of nitrogens with two attached hydrogens (primary N) is 1. The lowest BCUT2D eigenvalue weighted by Crippen LogP contribution is -2.31. The molecular formula is C21H21N5O3.